The van der Waals surface area contributed by atoms with Crippen molar-refractivity contribution in [3.8, 4) is 0 Å². The van der Waals surface area contributed by atoms with Gasteiger partial charge in [0.05, 0.1) is 6.10 Å². The van der Waals surface area contributed by atoms with E-state index in [1.165, 1.54) is 12.3 Å². The van der Waals surface area contributed by atoms with Crippen LogP contribution in [0.25, 0.3) is 0 Å². The summed E-state index contributed by atoms with van der Waals surface area (Å²) >= 11 is 0. The molecule has 0 bridgehead atoms. The Morgan fingerprint density at radius 3 is 2.86 bits per heavy atom. The number of anilines is 1. The molecule has 0 amide bonds. The van der Waals surface area contributed by atoms with Crippen LogP contribution in [0.3, 0.4) is 0 Å². The molecule has 114 valence electrons. The van der Waals surface area contributed by atoms with Crippen molar-refractivity contribution < 1.29 is 23.8 Å². The van der Waals surface area contributed by atoms with Gasteiger partial charge in [0.1, 0.15) is 25.1 Å². The molecule has 0 saturated carbocycles. The van der Waals surface area contributed by atoms with E-state index in [-0.39, 0.29) is 19.0 Å². The molecule has 1 fully saturated rings. The zero-order chi connectivity index (χ0) is 15.6. The topological polar surface area (TPSA) is 129 Å². The first-order valence-corrected chi connectivity index (χ1v) is 7.81. The molecule has 1 aromatic rings. The highest BCUT2D eigenvalue weighted by Crippen LogP contribution is 2.52. The molecule has 1 aliphatic heterocycles. The number of hydrogen-bond donors (Lipinski definition) is 3. The third kappa shape index (κ3) is 4.22. The lowest BCUT2D eigenvalue weighted by atomic mass is 10.3. The molecule has 1 aliphatic rings. The molecule has 2 heterocycles. The van der Waals surface area contributed by atoms with Crippen LogP contribution in [0, 0.1) is 0 Å². The summed E-state index contributed by atoms with van der Waals surface area (Å²) in [5.74, 6) is 0.0590. The number of ether oxygens (including phenoxy) is 1. The highest BCUT2D eigenvalue weighted by Gasteiger charge is 2.39. The minimum absolute atomic E-state index is 0.0544. The number of hydrogen-bond acceptors (Lipinski definition) is 8. The van der Waals surface area contributed by atoms with Crippen LogP contribution in [0.2, 0.25) is 0 Å². The number of nitrogens with two attached hydrogens (primary N) is 1. The van der Waals surface area contributed by atoms with E-state index in [9.17, 15) is 14.8 Å². The first-order chi connectivity index (χ1) is 9.78. The monoisotopic (exact) mass is 316 g/mol. The van der Waals surface area contributed by atoms with Crippen molar-refractivity contribution in [1.29, 1.82) is 0 Å². The van der Waals surface area contributed by atoms with Gasteiger partial charge in [0.25, 0.3) is 0 Å². The zero-order valence-electron chi connectivity index (χ0n) is 11.3. The Morgan fingerprint density at radius 2 is 2.19 bits per heavy atom. The minimum atomic E-state index is -3.51. The number of aliphatic hydroxyl groups is 1. The summed E-state index contributed by atoms with van der Waals surface area (Å²) in [5, 5.41) is 10.1. The minimum Gasteiger partial charge on any atom is -0.386 e. The quantitative estimate of drug-likeness (QED) is 0.443. The predicted molar refractivity (Wildman–Crippen MR) is 75.3 cm³/mol. The fourth-order valence-corrected chi connectivity index (χ4v) is 2.62. The molecule has 11 heteroatoms. The molecule has 2 radical (unpaired) electrons. The average Bonchev–Trinajstić information content (AvgIpc) is 2.44. The molecule has 2 rings (SSSR count). The van der Waals surface area contributed by atoms with E-state index >= 15 is 0 Å². The second-order valence-corrected chi connectivity index (χ2v) is 6.25. The van der Waals surface area contributed by atoms with Crippen molar-refractivity contribution in [2.75, 3.05) is 18.9 Å². The zero-order valence-corrected chi connectivity index (χ0v) is 12.2. The van der Waals surface area contributed by atoms with E-state index in [4.69, 9.17) is 27.1 Å². The third-order valence-electron chi connectivity index (χ3n) is 2.75. The van der Waals surface area contributed by atoms with Crippen molar-refractivity contribution in [2.45, 2.75) is 25.4 Å². The summed E-state index contributed by atoms with van der Waals surface area (Å²) in [6.07, 6.45) is -1.52. The first kappa shape index (κ1) is 16.3. The van der Waals surface area contributed by atoms with Gasteiger partial charge in [-0.3, -0.25) is 4.57 Å². The van der Waals surface area contributed by atoms with Gasteiger partial charge in [-0.1, -0.05) is 0 Å². The smallest absolute Gasteiger partial charge is 0.386 e. The summed E-state index contributed by atoms with van der Waals surface area (Å²) in [6.45, 7) is 1.22. The Bertz CT molecular complexity index is 556. The van der Waals surface area contributed by atoms with Gasteiger partial charge in [0.15, 0.2) is 6.23 Å². The van der Waals surface area contributed by atoms with Gasteiger partial charge in [-0.2, -0.15) is 14.0 Å². The van der Waals surface area contributed by atoms with E-state index in [0.717, 1.165) is 4.57 Å². The van der Waals surface area contributed by atoms with E-state index < -0.39 is 31.9 Å². The van der Waals surface area contributed by atoms with Crippen LogP contribution >= 0.6 is 7.82 Å². The van der Waals surface area contributed by atoms with Gasteiger partial charge in [0, 0.05) is 6.20 Å². The number of aliphatic hydroxyl groups excluding tert-OH is 1. The van der Waals surface area contributed by atoms with Crippen molar-refractivity contribution in [2.24, 2.45) is 0 Å². The maximum Gasteiger partial charge on any atom is 0.488 e. The molecule has 9 nitrogen and oxygen atoms in total. The van der Waals surface area contributed by atoms with Crippen LogP contribution < -0.4 is 11.4 Å². The predicted octanol–water partition coefficient (Wildman–Crippen LogP) is -1.02. The molecule has 0 spiro atoms. The lowest BCUT2D eigenvalue weighted by molar-refractivity contribution is -0.124. The molecular formula is C10H16BN3O6P+. The SMILES string of the molecule is [B][P+]1(O)OC[C@H](C)O[C@@H](n2ccc(N)nc2=O)[C@@H](O)CO1. The molecule has 1 saturated heterocycles. The Hall–Kier alpha value is -1.03. The van der Waals surface area contributed by atoms with Crippen LogP contribution in [0.4, 0.5) is 5.82 Å². The maximum atomic E-state index is 11.8. The molecule has 4 atom stereocenters. The highest BCUT2D eigenvalue weighted by atomic mass is 31.2. The van der Waals surface area contributed by atoms with Crippen LogP contribution in [0.5, 0.6) is 0 Å². The lowest BCUT2D eigenvalue weighted by Gasteiger charge is -2.25. The van der Waals surface area contributed by atoms with E-state index in [0.29, 0.717) is 0 Å². The van der Waals surface area contributed by atoms with Crippen molar-refractivity contribution in [3.05, 3.63) is 22.7 Å². The van der Waals surface area contributed by atoms with Crippen molar-refractivity contribution >= 4 is 21.2 Å². The van der Waals surface area contributed by atoms with Crippen molar-refractivity contribution in [3.63, 3.8) is 0 Å². The van der Waals surface area contributed by atoms with Gasteiger partial charge in [-0.25, -0.2) is 9.69 Å². The van der Waals surface area contributed by atoms with Crippen LogP contribution in [0.1, 0.15) is 13.2 Å². The van der Waals surface area contributed by atoms with Gasteiger partial charge in [-0.05, 0) is 13.0 Å². The van der Waals surface area contributed by atoms with Gasteiger partial charge in [0.2, 0.25) is 0 Å². The second kappa shape index (κ2) is 6.39. The Labute approximate surface area is 122 Å². The highest BCUT2D eigenvalue weighted by molar-refractivity contribution is 7.85. The summed E-state index contributed by atoms with van der Waals surface area (Å²) in [6, 6.07) is 1.40. The van der Waals surface area contributed by atoms with Crippen molar-refractivity contribution in [1.82, 2.24) is 9.55 Å². The van der Waals surface area contributed by atoms with E-state index in [1.54, 1.807) is 6.92 Å². The fraction of sp³-hybridized carbons (Fsp3) is 0.600. The molecule has 21 heavy (non-hydrogen) atoms. The number of aromatic nitrogens is 2. The van der Waals surface area contributed by atoms with E-state index in [2.05, 4.69) is 4.98 Å². The summed E-state index contributed by atoms with van der Waals surface area (Å²) in [7, 11) is 1.92. The van der Waals surface area contributed by atoms with Crippen LogP contribution in [-0.4, -0.2) is 52.5 Å². The van der Waals surface area contributed by atoms with Gasteiger partial charge in [-0.15, -0.1) is 0 Å². The van der Waals surface area contributed by atoms with Gasteiger partial charge >= 0.3 is 21.1 Å². The lowest BCUT2D eigenvalue weighted by Crippen LogP contribution is -2.39. The normalized spacial score (nSPS) is 34.7. The first-order valence-electron chi connectivity index (χ1n) is 6.16. The summed E-state index contributed by atoms with van der Waals surface area (Å²) in [4.78, 5) is 25.1. The largest absolute Gasteiger partial charge is 0.488 e. The van der Waals surface area contributed by atoms with Crippen LogP contribution in [0.15, 0.2) is 17.1 Å². The third-order valence-corrected chi connectivity index (χ3v) is 3.79. The molecule has 0 aromatic carbocycles. The molecular weight excluding hydrogens is 300 g/mol. The molecule has 4 N–H and O–H groups in total. The standard InChI is InChI=1S/C10H16BN3O6P/c1-6-4-18-21(11,17)19-5-7(15)9(20-6)14-3-2-8(12)13-10(14)16/h2-3,6-7,9,15,17H,4-5H2,1H3,(H2,12,13,16)/q+1/t6-,7-,9+,21?/m0/s1. The van der Waals surface area contributed by atoms with Gasteiger partial charge < -0.3 is 15.6 Å². The van der Waals surface area contributed by atoms with E-state index in [1.807, 2.05) is 0 Å². The van der Waals surface area contributed by atoms with Crippen LogP contribution in [-0.2, 0) is 13.8 Å². The second-order valence-electron chi connectivity index (χ2n) is 4.60. The Kier molecular flexibility index (Phi) is 4.97. The average molecular weight is 316 g/mol. The number of nitrogens with zero attached hydrogens (tertiary/aromatic N) is 2. The Morgan fingerprint density at radius 1 is 1.52 bits per heavy atom. The summed E-state index contributed by atoms with van der Waals surface area (Å²) < 4.78 is 16.6. The molecule has 1 unspecified atom stereocenters. The fourth-order valence-electron chi connectivity index (χ4n) is 1.75. The maximum absolute atomic E-state index is 11.8. The number of nitrogen functional groups attached to an aromatic ring is 1. The molecule has 1 aromatic heterocycles. The summed E-state index contributed by atoms with van der Waals surface area (Å²) in [5.41, 5.74) is 4.74. The number of rotatable bonds is 1. The molecule has 0 aliphatic carbocycles. The Balaban J connectivity index is 2.29.